The van der Waals surface area contributed by atoms with E-state index in [1.165, 1.54) is 16.7 Å². The largest absolute Gasteiger partial charge is 0.454 e. The van der Waals surface area contributed by atoms with Crippen molar-refractivity contribution in [3.8, 4) is 11.5 Å². The molecule has 0 aliphatic carbocycles. The van der Waals surface area contributed by atoms with Gasteiger partial charge < -0.3 is 20.1 Å². The quantitative estimate of drug-likeness (QED) is 0.413. The van der Waals surface area contributed by atoms with Crippen molar-refractivity contribution in [2.24, 2.45) is 9.98 Å². The summed E-state index contributed by atoms with van der Waals surface area (Å²) in [6, 6.07) is 15.6. The molecule has 204 valence electrons. The third-order valence-electron chi connectivity index (χ3n) is 6.52. The Kier molecular flexibility index (Phi) is 7.27. The number of benzene rings is 2. The number of carbonyl (C=O) groups excluding carboxylic acids is 3. The van der Waals surface area contributed by atoms with E-state index in [0.717, 1.165) is 4.88 Å². The fourth-order valence-corrected chi connectivity index (χ4v) is 6.17. The number of thioether (sulfide) groups is 1. The van der Waals surface area contributed by atoms with Gasteiger partial charge in [0.2, 0.25) is 18.6 Å². The Morgan fingerprint density at radius 2 is 2.00 bits per heavy atom. The van der Waals surface area contributed by atoms with Crippen LogP contribution in [0, 0.1) is 0 Å². The molecule has 0 saturated heterocycles. The van der Waals surface area contributed by atoms with Crippen LogP contribution in [0.5, 0.6) is 11.5 Å². The van der Waals surface area contributed by atoms with Crippen LogP contribution < -0.4 is 20.1 Å². The van der Waals surface area contributed by atoms with Gasteiger partial charge in [-0.05, 0) is 42.1 Å². The number of amides is 3. The van der Waals surface area contributed by atoms with Crippen molar-refractivity contribution in [1.82, 2.24) is 10.2 Å². The standard InChI is InChI=1S/C28H25N5O5S2/c1-2-23(26(35)30-16-9-10-21-22(12-16)38-15-37-21)40-28-32-19-8-4-3-7-18(19)25-31-20(27(36)33(25)28)13-24(34)29-14-17-6-5-11-39-17/h3-12,20,23H,2,13-15H2,1H3,(H,29,34)(H,30,35)/t20-,23-/m1/s1. The molecule has 2 N–H and O–H groups in total. The number of ether oxygens (including phenoxy) is 2. The van der Waals surface area contributed by atoms with Crippen LogP contribution in [0.1, 0.15) is 30.2 Å². The van der Waals surface area contributed by atoms with E-state index in [1.54, 1.807) is 29.5 Å². The molecule has 4 heterocycles. The molecule has 0 radical (unpaired) electrons. The molecule has 2 aromatic carbocycles. The van der Waals surface area contributed by atoms with Crippen molar-refractivity contribution in [3.05, 3.63) is 70.4 Å². The molecule has 6 rings (SSSR count). The lowest BCUT2D eigenvalue weighted by Crippen LogP contribution is -2.43. The van der Waals surface area contributed by atoms with Crippen LogP contribution in [0.4, 0.5) is 11.4 Å². The van der Waals surface area contributed by atoms with Crippen LogP contribution in [-0.4, -0.2) is 51.7 Å². The maximum atomic E-state index is 13.6. The number of hydrogen-bond acceptors (Lipinski definition) is 9. The summed E-state index contributed by atoms with van der Waals surface area (Å²) in [6.07, 6.45) is 0.414. The van der Waals surface area contributed by atoms with E-state index < -0.39 is 11.3 Å². The lowest BCUT2D eigenvalue weighted by Gasteiger charge is -2.27. The number of para-hydroxylation sites is 1. The topological polar surface area (TPSA) is 122 Å². The number of aliphatic imine (C=N–C) groups is 2. The van der Waals surface area contributed by atoms with Crippen LogP contribution in [0.25, 0.3) is 0 Å². The van der Waals surface area contributed by atoms with Gasteiger partial charge in [-0.15, -0.1) is 11.3 Å². The van der Waals surface area contributed by atoms with Gasteiger partial charge in [0.05, 0.1) is 23.9 Å². The predicted molar refractivity (Wildman–Crippen MR) is 154 cm³/mol. The Labute approximate surface area is 238 Å². The smallest absolute Gasteiger partial charge is 0.259 e. The molecule has 10 nitrogen and oxygen atoms in total. The molecule has 2 atom stereocenters. The minimum atomic E-state index is -0.877. The molecular formula is C28H25N5O5S2. The minimum absolute atomic E-state index is 0.0773. The Bertz CT molecular complexity index is 1540. The fourth-order valence-electron chi connectivity index (χ4n) is 4.51. The summed E-state index contributed by atoms with van der Waals surface area (Å²) in [5, 5.41) is 7.55. The fraction of sp³-hybridized carbons (Fsp3) is 0.250. The maximum absolute atomic E-state index is 13.6. The molecule has 0 bridgehead atoms. The molecule has 0 fully saturated rings. The molecule has 3 aliphatic heterocycles. The van der Waals surface area contributed by atoms with Crippen molar-refractivity contribution in [3.63, 3.8) is 0 Å². The van der Waals surface area contributed by atoms with E-state index in [2.05, 4.69) is 15.6 Å². The number of fused-ring (bicyclic) bond motifs is 4. The molecule has 40 heavy (non-hydrogen) atoms. The SMILES string of the molecule is CC[C@@H](SC1=Nc2ccccc2C2=N[C@H](CC(=O)NCc3cccs3)C(=O)N12)C(=O)Nc1ccc2c(c1)OCO2. The number of amidine groups is 2. The van der Waals surface area contributed by atoms with Crippen molar-refractivity contribution in [1.29, 1.82) is 0 Å². The van der Waals surface area contributed by atoms with Gasteiger partial charge in [0, 0.05) is 22.2 Å². The Balaban J connectivity index is 1.19. The summed E-state index contributed by atoms with van der Waals surface area (Å²) < 4.78 is 10.8. The highest BCUT2D eigenvalue weighted by Crippen LogP contribution is 2.37. The molecule has 3 aliphatic rings. The zero-order chi connectivity index (χ0) is 27.6. The van der Waals surface area contributed by atoms with Gasteiger partial charge in [0.1, 0.15) is 11.9 Å². The van der Waals surface area contributed by atoms with Crippen LogP contribution in [-0.2, 0) is 20.9 Å². The van der Waals surface area contributed by atoms with Gasteiger partial charge in [-0.25, -0.2) is 9.89 Å². The Hall–Kier alpha value is -4.16. The predicted octanol–water partition coefficient (Wildman–Crippen LogP) is 4.29. The first-order chi connectivity index (χ1) is 19.5. The average molecular weight is 576 g/mol. The Morgan fingerprint density at radius 1 is 1.15 bits per heavy atom. The number of hydrogen-bond donors (Lipinski definition) is 2. The summed E-state index contributed by atoms with van der Waals surface area (Å²) >= 11 is 2.75. The first-order valence-corrected chi connectivity index (χ1v) is 14.5. The van der Waals surface area contributed by atoms with Gasteiger partial charge in [-0.1, -0.05) is 36.9 Å². The average Bonchev–Trinajstić information content (AvgIpc) is 3.71. The zero-order valence-corrected chi connectivity index (χ0v) is 23.1. The van der Waals surface area contributed by atoms with Gasteiger partial charge >= 0.3 is 0 Å². The second kappa shape index (κ2) is 11.1. The molecule has 3 amide bonds. The zero-order valence-electron chi connectivity index (χ0n) is 21.5. The highest BCUT2D eigenvalue weighted by atomic mass is 32.2. The summed E-state index contributed by atoms with van der Waals surface area (Å²) in [5.41, 5.74) is 1.94. The third kappa shape index (κ3) is 5.19. The highest BCUT2D eigenvalue weighted by molar-refractivity contribution is 8.15. The summed E-state index contributed by atoms with van der Waals surface area (Å²) in [5.74, 6) is 0.810. The molecule has 0 unspecified atom stereocenters. The van der Waals surface area contributed by atoms with E-state index >= 15 is 0 Å². The highest BCUT2D eigenvalue weighted by Gasteiger charge is 2.43. The number of carbonyl (C=O) groups is 3. The van der Waals surface area contributed by atoms with E-state index in [4.69, 9.17) is 14.5 Å². The van der Waals surface area contributed by atoms with Gasteiger partial charge in [-0.3, -0.25) is 19.4 Å². The lowest BCUT2D eigenvalue weighted by molar-refractivity contribution is -0.128. The van der Waals surface area contributed by atoms with E-state index in [9.17, 15) is 14.4 Å². The van der Waals surface area contributed by atoms with Gasteiger partial charge in [-0.2, -0.15) is 0 Å². The van der Waals surface area contributed by atoms with Crippen molar-refractivity contribution in [2.75, 3.05) is 12.1 Å². The molecule has 0 spiro atoms. The number of thiophene rings is 1. The molecule has 12 heteroatoms. The van der Waals surface area contributed by atoms with Crippen molar-refractivity contribution >= 4 is 63.2 Å². The van der Waals surface area contributed by atoms with E-state index in [1.807, 2.05) is 48.7 Å². The van der Waals surface area contributed by atoms with Crippen LogP contribution >= 0.6 is 23.1 Å². The third-order valence-corrected chi connectivity index (χ3v) is 8.71. The summed E-state index contributed by atoms with van der Waals surface area (Å²) in [4.78, 5) is 51.4. The first kappa shape index (κ1) is 26.1. The molecule has 3 aromatic rings. The molecular weight excluding hydrogens is 550 g/mol. The van der Waals surface area contributed by atoms with Crippen LogP contribution in [0.3, 0.4) is 0 Å². The van der Waals surface area contributed by atoms with Crippen molar-refractivity contribution < 1.29 is 23.9 Å². The number of anilines is 1. The van der Waals surface area contributed by atoms with Gasteiger partial charge in [0.15, 0.2) is 16.7 Å². The van der Waals surface area contributed by atoms with Gasteiger partial charge in [0.25, 0.3) is 5.91 Å². The minimum Gasteiger partial charge on any atom is -0.454 e. The number of rotatable bonds is 8. The van der Waals surface area contributed by atoms with E-state index in [-0.39, 0.29) is 30.9 Å². The Morgan fingerprint density at radius 3 is 2.83 bits per heavy atom. The summed E-state index contributed by atoms with van der Waals surface area (Å²) in [6.45, 7) is 2.45. The van der Waals surface area contributed by atoms with Crippen molar-refractivity contribution in [2.45, 2.75) is 37.6 Å². The maximum Gasteiger partial charge on any atom is 0.259 e. The first-order valence-electron chi connectivity index (χ1n) is 12.8. The lowest BCUT2D eigenvalue weighted by atomic mass is 10.1. The van der Waals surface area contributed by atoms with Crippen LogP contribution in [0.2, 0.25) is 0 Å². The van der Waals surface area contributed by atoms with Crippen LogP contribution in [0.15, 0.2) is 70.0 Å². The second-order valence-electron chi connectivity index (χ2n) is 9.19. The number of nitrogens with zero attached hydrogens (tertiary/aromatic N) is 3. The summed E-state index contributed by atoms with van der Waals surface area (Å²) in [7, 11) is 0. The molecule has 1 aromatic heterocycles. The molecule has 0 saturated carbocycles. The van der Waals surface area contributed by atoms with E-state index in [0.29, 0.717) is 52.4 Å². The monoisotopic (exact) mass is 575 g/mol. The number of nitrogens with one attached hydrogen (secondary N) is 2. The second-order valence-corrected chi connectivity index (χ2v) is 11.4. The normalized spacial score (nSPS) is 17.5.